The number of rotatable bonds is 6. The van der Waals surface area contributed by atoms with Crippen LogP contribution in [0.15, 0.2) is 23.6 Å². The number of aryl methyl sites for hydroxylation is 1. The van der Waals surface area contributed by atoms with Crippen LogP contribution in [0.1, 0.15) is 29.1 Å². The summed E-state index contributed by atoms with van der Waals surface area (Å²) in [6, 6.07) is 6.56. The summed E-state index contributed by atoms with van der Waals surface area (Å²) < 4.78 is 5.90. The summed E-state index contributed by atoms with van der Waals surface area (Å²) >= 11 is 7.88. The monoisotopic (exact) mass is 308 g/mol. The van der Waals surface area contributed by atoms with Crippen molar-refractivity contribution in [2.24, 2.45) is 0 Å². The topological polar surface area (TPSA) is 34.1 Å². The summed E-state index contributed by atoms with van der Waals surface area (Å²) in [5, 5.41) is 7.16. The Morgan fingerprint density at radius 3 is 3.00 bits per heavy atom. The second kappa shape index (κ2) is 6.12. The Morgan fingerprint density at radius 2 is 2.30 bits per heavy atom. The maximum atomic E-state index is 6.26. The zero-order chi connectivity index (χ0) is 13.9. The van der Waals surface area contributed by atoms with Gasteiger partial charge in [0.05, 0.1) is 5.02 Å². The molecule has 0 unspecified atom stereocenters. The molecule has 1 heterocycles. The fraction of sp³-hybridized carbons (Fsp3) is 0.400. The number of hydrogen-bond donors (Lipinski definition) is 1. The van der Waals surface area contributed by atoms with Gasteiger partial charge >= 0.3 is 0 Å². The normalized spacial score (nSPS) is 14.5. The largest absolute Gasteiger partial charge is 0.485 e. The summed E-state index contributed by atoms with van der Waals surface area (Å²) in [7, 11) is 0. The van der Waals surface area contributed by atoms with E-state index in [1.165, 1.54) is 12.8 Å². The van der Waals surface area contributed by atoms with Crippen molar-refractivity contribution in [2.75, 3.05) is 0 Å². The molecule has 5 heteroatoms. The molecule has 0 atom stereocenters. The van der Waals surface area contributed by atoms with Gasteiger partial charge in [-0.1, -0.05) is 23.7 Å². The molecule has 0 saturated heterocycles. The number of thiazole rings is 1. The predicted molar refractivity (Wildman–Crippen MR) is 82.5 cm³/mol. The summed E-state index contributed by atoms with van der Waals surface area (Å²) in [4.78, 5) is 4.40. The lowest BCUT2D eigenvalue weighted by molar-refractivity contribution is 0.301. The third-order valence-corrected chi connectivity index (χ3v) is 4.45. The predicted octanol–water partition coefficient (Wildman–Crippen LogP) is 3.94. The lowest BCUT2D eigenvalue weighted by Gasteiger charge is -2.12. The van der Waals surface area contributed by atoms with E-state index >= 15 is 0 Å². The zero-order valence-electron chi connectivity index (χ0n) is 11.4. The van der Waals surface area contributed by atoms with Crippen molar-refractivity contribution >= 4 is 22.9 Å². The highest BCUT2D eigenvalue weighted by atomic mass is 35.5. The standard InChI is InChI=1S/C15H17ClN2OS/c1-10-9-20-14(18-10)8-19-15-11(3-2-4-13(15)16)7-17-12-5-6-12/h2-4,9,12,17H,5-8H2,1H3. The molecule has 1 aromatic carbocycles. The molecule has 0 bridgehead atoms. The number of nitrogens with one attached hydrogen (secondary N) is 1. The maximum Gasteiger partial charge on any atom is 0.143 e. The minimum atomic E-state index is 0.471. The van der Waals surface area contributed by atoms with E-state index in [0.29, 0.717) is 17.7 Å². The second-order valence-corrected chi connectivity index (χ2v) is 6.40. The van der Waals surface area contributed by atoms with Gasteiger partial charge in [-0.25, -0.2) is 4.98 Å². The minimum Gasteiger partial charge on any atom is -0.485 e. The minimum absolute atomic E-state index is 0.471. The number of nitrogens with zero attached hydrogens (tertiary/aromatic N) is 1. The summed E-state index contributed by atoms with van der Waals surface area (Å²) in [5.74, 6) is 0.773. The van der Waals surface area contributed by atoms with Crippen LogP contribution in [0.4, 0.5) is 0 Å². The first-order valence-electron chi connectivity index (χ1n) is 6.77. The van der Waals surface area contributed by atoms with Crippen LogP contribution in [-0.4, -0.2) is 11.0 Å². The molecule has 1 aromatic heterocycles. The van der Waals surface area contributed by atoms with Crippen LogP contribution < -0.4 is 10.1 Å². The van der Waals surface area contributed by atoms with Crippen LogP contribution in [0.3, 0.4) is 0 Å². The SMILES string of the molecule is Cc1csc(COc2c(Cl)cccc2CNC2CC2)n1. The van der Waals surface area contributed by atoms with E-state index in [-0.39, 0.29) is 0 Å². The highest BCUT2D eigenvalue weighted by molar-refractivity contribution is 7.09. The van der Waals surface area contributed by atoms with Crippen molar-refractivity contribution in [2.45, 2.75) is 39.0 Å². The molecule has 0 aliphatic heterocycles. The Bertz CT molecular complexity index is 595. The van der Waals surface area contributed by atoms with Gasteiger partial charge in [0.15, 0.2) is 0 Å². The van der Waals surface area contributed by atoms with E-state index in [1.807, 2.05) is 24.4 Å². The Labute approximate surface area is 127 Å². The van der Waals surface area contributed by atoms with Gasteiger partial charge in [-0.3, -0.25) is 0 Å². The van der Waals surface area contributed by atoms with Gasteiger partial charge in [0.2, 0.25) is 0 Å². The highest BCUT2D eigenvalue weighted by Gasteiger charge is 2.21. The molecule has 0 spiro atoms. The van der Waals surface area contributed by atoms with Gasteiger partial charge in [-0.2, -0.15) is 0 Å². The molecule has 1 aliphatic rings. The number of hydrogen-bond acceptors (Lipinski definition) is 4. The van der Waals surface area contributed by atoms with E-state index in [2.05, 4.69) is 16.4 Å². The molecular weight excluding hydrogens is 292 g/mol. The molecule has 1 N–H and O–H groups in total. The first-order chi connectivity index (χ1) is 9.72. The van der Waals surface area contributed by atoms with E-state index in [0.717, 1.165) is 28.6 Å². The van der Waals surface area contributed by atoms with Crippen LogP contribution >= 0.6 is 22.9 Å². The van der Waals surface area contributed by atoms with Crippen molar-refractivity contribution in [1.82, 2.24) is 10.3 Å². The van der Waals surface area contributed by atoms with Gasteiger partial charge in [0.1, 0.15) is 17.4 Å². The molecule has 3 nitrogen and oxygen atoms in total. The Kier molecular flexibility index (Phi) is 4.24. The first kappa shape index (κ1) is 13.9. The zero-order valence-corrected chi connectivity index (χ0v) is 12.9. The van der Waals surface area contributed by atoms with Gasteiger partial charge in [-0.05, 0) is 25.8 Å². The lowest BCUT2D eigenvalue weighted by Crippen LogP contribution is -2.16. The van der Waals surface area contributed by atoms with Crippen LogP contribution in [0.25, 0.3) is 0 Å². The first-order valence-corrected chi connectivity index (χ1v) is 8.02. The lowest BCUT2D eigenvalue weighted by atomic mass is 10.2. The summed E-state index contributed by atoms with van der Waals surface area (Å²) in [6.45, 7) is 3.26. The van der Waals surface area contributed by atoms with E-state index in [1.54, 1.807) is 11.3 Å². The van der Waals surface area contributed by atoms with Crippen molar-refractivity contribution in [1.29, 1.82) is 0 Å². The second-order valence-electron chi connectivity index (χ2n) is 5.05. The fourth-order valence-corrected chi connectivity index (χ4v) is 2.93. The quantitative estimate of drug-likeness (QED) is 0.878. The molecule has 3 rings (SSSR count). The summed E-state index contributed by atoms with van der Waals surface area (Å²) in [5.41, 5.74) is 2.14. The number of ether oxygens (including phenoxy) is 1. The van der Waals surface area contributed by atoms with Crippen molar-refractivity contribution in [3.05, 3.63) is 44.9 Å². The fourth-order valence-electron chi connectivity index (χ4n) is 2.00. The third kappa shape index (κ3) is 3.51. The van der Waals surface area contributed by atoms with Crippen molar-refractivity contribution < 1.29 is 4.74 Å². The van der Waals surface area contributed by atoms with Crippen LogP contribution in [-0.2, 0) is 13.2 Å². The third-order valence-electron chi connectivity index (χ3n) is 3.21. The average molecular weight is 309 g/mol. The van der Waals surface area contributed by atoms with Gasteiger partial charge in [0.25, 0.3) is 0 Å². The van der Waals surface area contributed by atoms with Crippen molar-refractivity contribution in [3.63, 3.8) is 0 Å². The molecule has 106 valence electrons. The number of halogens is 1. The Balaban J connectivity index is 1.69. The molecule has 0 amide bonds. The summed E-state index contributed by atoms with van der Waals surface area (Å²) in [6.07, 6.45) is 2.55. The average Bonchev–Trinajstić information content (AvgIpc) is 3.17. The number of benzene rings is 1. The molecule has 0 radical (unpaired) electrons. The van der Waals surface area contributed by atoms with E-state index < -0.39 is 0 Å². The Morgan fingerprint density at radius 1 is 1.45 bits per heavy atom. The molecule has 1 saturated carbocycles. The van der Waals surface area contributed by atoms with Crippen LogP contribution in [0.5, 0.6) is 5.75 Å². The number of para-hydroxylation sites is 1. The van der Waals surface area contributed by atoms with Gasteiger partial charge in [-0.15, -0.1) is 11.3 Å². The number of aromatic nitrogens is 1. The van der Waals surface area contributed by atoms with Crippen LogP contribution in [0.2, 0.25) is 5.02 Å². The maximum absolute atomic E-state index is 6.26. The van der Waals surface area contributed by atoms with E-state index in [4.69, 9.17) is 16.3 Å². The molecule has 2 aromatic rings. The Hall–Kier alpha value is -1.10. The van der Waals surface area contributed by atoms with Crippen molar-refractivity contribution in [3.8, 4) is 5.75 Å². The van der Waals surface area contributed by atoms with E-state index in [9.17, 15) is 0 Å². The van der Waals surface area contributed by atoms with Gasteiger partial charge in [0, 0.05) is 29.2 Å². The highest BCUT2D eigenvalue weighted by Crippen LogP contribution is 2.30. The molecule has 20 heavy (non-hydrogen) atoms. The smallest absolute Gasteiger partial charge is 0.143 e. The molecule has 1 fully saturated rings. The molecule has 1 aliphatic carbocycles. The van der Waals surface area contributed by atoms with Gasteiger partial charge < -0.3 is 10.1 Å². The van der Waals surface area contributed by atoms with Crippen LogP contribution in [0, 0.1) is 6.92 Å². The molecular formula is C15H17ClN2OS.